The molecule has 0 saturated carbocycles. The van der Waals surface area contributed by atoms with Crippen molar-refractivity contribution in [1.82, 2.24) is 30.7 Å². The van der Waals surface area contributed by atoms with Crippen LogP contribution in [0.1, 0.15) is 28.0 Å². The summed E-state index contributed by atoms with van der Waals surface area (Å²) in [5.74, 6) is -0.375. The van der Waals surface area contributed by atoms with Crippen molar-refractivity contribution in [2.24, 2.45) is 5.10 Å². The molecule has 11 nitrogen and oxygen atoms in total. The van der Waals surface area contributed by atoms with Gasteiger partial charge in [0, 0.05) is 12.7 Å². The molecular weight excluding hydrogens is 454 g/mol. The van der Waals surface area contributed by atoms with Gasteiger partial charge in [0.1, 0.15) is 0 Å². The smallest absolute Gasteiger partial charge is 0.293 e. The SMILES string of the molecule is C/C(=N/NC(=O)c1nnn(-c2nonc2N)c1CN(C)c1ccccc1)c1ccc(Cl)s1. The number of para-hydroxylation sites is 1. The summed E-state index contributed by atoms with van der Waals surface area (Å²) in [6.45, 7) is 2.04. The lowest BCUT2D eigenvalue weighted by molar-refractivity contribution is 0.0949. The standard InChI is InChI=1S/C19H18ClN9O2S/c1-11(14-8-9-15(20)32-14)22-24-19(30)16-13(10-28(2)12-6-4-3-5-7-12)29(27-23-16)18-17(21)25-31-26-18/h3-9H,10H2,1-2H3,(H2,21,25)(H,24,30)/b22-11-. The number of nitrogens with one attached hydrogen (secondary N) is 1. The van der Waals surface area contributed by atoms with Gasteiger partial charge in [0.25, 0.3) is 5.91 Å². The maximum absolute atomic E-state index is 12.9. The maximum atomic E-state index is 12.9. The van der Waals surface area contributed by atoms with Crippen molar-refractivity contribution in [3.63, 3.8) is 0 Å². The van der Waals surface area contributed by atoms with Crippen LogP contribution in [0.2, 0.25) is 4.34 Å². The Kier molecular flexibility index (Phi) is 6.14. The lowest BCUT2D eigenvalue weighted by Crippen LogP contribution is -2.25. The monoisotopic (exact) mass is 471 g/mol. The Hall–Kier alpha value is -3.77. The van der Waals surface area contributed by atoms with Gasteiger partial charge in [-0.05, 0) is 41.5 Å². The van der Waals surface area contributed by atoms with Gasteiger partial charge in [-0.2, -0.15) is 9.78 Å². The van der Waals surface area contributed by atoms with Crippen LogP contribution in [0.15, 0.2) is 52.2 Å². The number of carbonyl (C=O) groups is 1. The highest BCUT2D eigenvalue weighted by Gasteiger charge is 2.25. The highest BCUT2D eigenvalue weighted by molar-refractivity contribution is 7.18. The van der Waals surface area contributed by atoms with Crippen molar-refractivity contribution in [1.29, 1.82) is 0 Å². The molecule has 0 fully saturated rings. The van der Waals surface area contributed by atoms with Gasteiger partial charge in [-0.1, -0.05) is 35.0 Å². The van der Waals surface area contributed by atoms with Crippen LogP contribution in [0, 0.1) is 0 Å². The van der Waals surface area contributed by atoms with Gasteiger partial charge in [-0.15, -0.1) is 16.4 Å². The first kappa shape index (κ1) is 21.5. The second-order valence-electron chi connectivity index (χ2n) is 6.70. The molecule has 0 bridgehead atoms. The Balaban J connectivity index is 1.64. The highest BCUT2D eigenvalue weighted by Crippen LogP contribution is 2.22. The van der Waals surface area contributed by atoms with E-state index in [0.29, 0.717) is 15.7 Å². The lowest BCUT2D eigenvalue weighted by atomic mass is 10.2. The number of aromatic nitrogens is 5. The Bertz CT molecular complexity index is 1260. The van der Waals surface area contributed by atoms with Gasteiger partial charge in [-0.25, -0.2) is 10.1 Å². The van der Waals surface area contributed by atoms with E-state index in [4.69, 9.17) is 17.3 Å². The summed E-state index contributed by atoms with van der Waals surface area (Å²) in [6.07, 6.45) is 0. The minimum Gasteiger partial charge on any atom is -0.378 e. The number of nitrogen functional groups attached to an aromatic ring is 1. The third kappa shape index (κ3) is 4.45. The zero-order chi connectivity index (χ0) is 22.7. The van der Waals surface area contributed by atoms with Gasteiger partial charge in [0.05, 0.1) is 27.2 Å². The fourth-order valence-corrected chi connectivity index (χ4v) is 3.87. The van der Waals surface area contributed by atoms with Crippen LogP contribution < -0.4 is 16.1 Å². The second kappa shape index (κ2) is 9.16. The predicted octanol–water partition coefficient (Wildman–Crippen LogP) is 2.74. The zero-order valence-electron chi connectivity index (χ0n) is 17.1. The number of hydrogen-bond donors (Lipinski definition) is 2. The summed E-state index contributed by atoms with van der Waals surface area (Å²) in [7, 11) is 1.88. The van der Waals surface area contributed by atoms with Gasteiger partial charge in [-0.3, -0.25) is 4.79 Å². The number of thiophene rings is 1. The van der Waals surface area contributed by atoms with E-state index in [-0.39, 0.29) is 23.9 Å². The minimum atomic E-state index is -0.537. The molecule has 0 spiro atoms. The molecule has 0 unspecified atom stereocenters. The van der Waals surface area contributed by atoms with Gasteiger partial charge >= 0.3 is 0 Å². The average molecular weight is 472 g/mol. The first-order valence-electron chi connectivity index (χ1n) is 9.33. The summed E-state index contributed by atoms with van der Waals surface area (Å²) < 4.78 is 6.65. The number of nitrogens with zero attached hydrogens (tertiary/aromatic N) is 7. The molecular formula is C19H18ClN9O2S. The summed E-state index contributed by atoms with van der Waals surface area (Å²) in [6, 6.07) is 13.2. The molecule has 164 valence electrons. The van der Waals surface area contributed by atoms with E-state index < -0.39 is 5.91 Å². The molecule has 0 aliphatic heterocycles. The molecule has 0 aliphatic rings. The number of amides is 1. The lowest BCUT2D eigenvalue weighted by Gasteiger charge is -2.19. The van der Waals surface area contributed by atoms with Crippen LogP contribution in [0.5, 0.6) is 0 Å². The third-order valence-electron chi connectivity index (χ3n) is 4.51. The van der Waals surface area contributed by atoms with Crippen LogP contribution in [0.25, 0.3) is 5.82 Å². The van der Waals surface area contributed by atoms with Crippen molar-refractivity contribution in [2.75, 3.05) is 17.7 Å². The number of halogens is 1. The van der Waals surface area contributed by atoms with E-state index in [0.717, 1.165) is 10.6 Å². The average Bonchev–Trinajstić information content (AvgIpc) is 3.52. The van der Waals surface area contributed by atoms with E-state index in [2.05, 4.69) is 35.8 Å². The van der Waals surface area contributed by atoms with Crippen LogP contribution in [-0.4, -0.2) is 44.0 Å². The number of benzene rings is 1. The fraction of sp³-hybridized carbons (Fsp3) is 0.158. The molecule has 0 aliphatic carbocycles. The molecule has 4 rings (SSSR count). The summed E-state index contributed by atoms with van der Waals surface area (Å²) in [5, 5.41) is 19.6. The van der Waals surface area contributed by atoms with Crippen molar-refractivity contribution in [3.05, 3.63) is 63.1 Å². The molecule has 32 heavy (non-hydrogen) atoms. The van der Waals surface area contributed by atoms with Crippen LogP contribution in [0.3, 0.4) is 0 Å². The molecule has 1 amide bonds. The maximum Gasteiger partial charge on any atom is 0.293 e. The number of nitrogens with two attached hydrogens (primary N) is 1. The van der Waals surface area contributed by atoms with Crippen molar-refractivity contribution >= 4 is 46.1 Å². The molecule has 0 atom stereocenters. The van der Waals surface area contributed by atoms with E-state index in [9.17, 15) is 4.79 Å². The largest absolute Gasteiger partial charge is 0.378 e. The van der Waals surface area contributed by atoms with E-state index in [1.807, 2.05) is 48.3 Å². The predicted molar refractivity (Wildman–Crippen MR) is 121 cm³/mol. The normalized spacial score (nSPS) is 11.5. The minimum absolute atomic E-state index is 0.0221. The Labute approximate surface area is 191 Å². The highest BCUT2D eigenvalue weighted by atomic mass is 35.5. The molecule has 4 aromatic rings. The van der Waals surface area contributed by atoms with Crippen molar-refractivity contribution < 1.29 is 9.42 Å². The molecule has 3 heterocycles. The van der Waals surface area contributed by atoms with Gasteiger partial charge < -0.3 is 10.6 Å². The second-order valence-corrected chi connectivity index (χ2v) is 8.42. The molecule has 0 saturated heterocycles. The Morgan fingerprint density at radius 2 is 2.06 bits per heavy atom. The van der Waals surface area contributed by atoms with E-state index in [1.54, 1.807) is 13.0 Å². The molecule has 1 aromatic carbocycles. The Morgan fingerprint density at radius 1 is 1.28 bits per heavy atom. The third-order valence-corrected chi connectivity index (χ3v) is 5.85. The van der Waals surface area contributed by atoms with E-state index in [1.165, 1.54) is 16.0 Å². The van der Waals surface area contributed by atoms with Crippen LogP contribution in [-0.2, 0) is 6.54 Å². The Morgan fingerprint density at radius 3 is 2.72 bits per heavy atom. The van der Waals surface area contributed by atoms with Crippen molar-refractivity contribution in [3.8, 4) is 5.82 Å². The number of hydrazone groups is 1. The summed E-state index contributed by atoms with van der Waals surface area (Å²) in [4.78, 5) is 15.7. The molecule has 0 radical (unpaired) electrons. The zero-order valence-corrected chi connectivity index (χ0v) is 18.6. The van der Waals surface area contributed by atoms with Gasteiger partial charge in [0.15, 0.2) is 5.69 Å². The first-order valence-corrected chi connectivity index (χ1v) is 10.5. The van der Waals surface area contributed by atoms with E-state index >= 15 is 0 Å². The summed E-state index contributed by atoms with van der Waals surface area (Å²) in [5.41, 5.74) is 10.4. The number of rotatable bonds is 7. The first-order chi connectivity index (χ1) is 15.4. The molecule has 13 heteroatoms. The van der Waals surface area contributed by atoms with Crippen LogP contribution in [0.4, 0.5) is 11.5 Å². The quantitative estimate of drug-likeness (QED) is 0.309. The topological polar surface area (TPSA) is 140 Å². The van der Waals surface area contributed by atoms with Crippen LogP contribution >= 0.6 is 22.9 Å². The number of anilines is 2. The molecule has 3 N–H and O–H groups in total. The molecule has 3 aromatic heterocycles. The van der Waals surface area contributed by atoms with Gasteiger partial charge in [0.2, 0.25) is 11.6 Å². The summed E-state index contributed by atoms with van der Waals surface area (Å²) >= 11 is 7.33. The van der Waals surface area contributed by atoms with Crippen molar-refractivity contribution in [2.45, 2.75) is 13.5 Å². The number of hydrogen-bond acceptors (Lipinski definition) is 10. The number of carbonyl (C=O) groups excluding carboxylic acids is 1. The fourth-order valence-electron chi connectivity index (χ4n) is 2.88.